The highest BCUT2D eigenvalue weighted by Crippen LogP contribution is 2.19. The van der Waals surface area contributed by atoms with E-state index >= 15 is 0 Å². The lowest BCUT2D eigenvalue weighted by Crippen LogP contribution is -2.27. The van der Waals surface area contributed by atoms with Crippen molar-refractivity contribution in [1.29, 1.82) is 0 Å². The third kappa shape index (κ3) is 4.24. The zero-order valence-corrected chi connectivity index (χ0v) is 11.8. The minimum absolute atomic E-state index is 0.157. The molecule has 7 heteroatoms. The second-order valence-corrected chi connectivity index (χ2v) is 4.78. The first-order valence-electron chi connectivity index (χ1n) is 6.76. The van der Waals surface area contributed by atoms with Crippen molar-refractivity contribution >= 4 is 11.8 Å². The van der Waals surface area contributed by atoms with Crippen molar-refractivity contribution in [2.45, 2.75) is 18.6 Å². The molecule has 2 unspecified atom stereocenters. The van der Waals surface area contributed by atoms with Gasteiger partial charge in [-0.15, -0.1) is 0 Å². The summed E-state index contributed by atoms with van der Waals surface area (Å²) in [7, 11) is 0. The van der Waals surface area contributed by atoms with Crippen molar-refractivity contribution in [2.75, 3.05) is 11.9 Å². The van der Waals surface area contributed by atoms with Gasteiger partial charge in [-0.1, -0.05) is 30.3 Å². The first-order valence-corrected chi connectivity index (χ1v) is 6.76. The highest BCUT2D eigenvalue weighted by Gasteiger charge is 2.16. The molecule has 1 aromatic carbocycles. The van der Waals surface area contributed by atoms with Crippen LogP contribution in [0.25, 0.3) is 0 Å². The number of carboxylic acids is 1. The van der Waals surface area contributed by atoms with Crippen LogP contribution in [0.1, 0.15) is 28.6 Å². The van der Waals surface area contributed by atoms with E-state index < -0.39 is 18.1 Å². The smallest absolute Gasteiger partial charge is 0.356 e. The summed E-state index contributed by atoms with van der Waals surface area (Å²) in [5.41, 5.74) is 0.602. The Morgan fingerprint density at radius 2 is 1.91 bits per heavy atom. The Bertz CT molecular complexity index is 604. The van der Waals surface area contributed by atoms with E-state index in [1.54, 1.807) is 12.1 Å². The standard InChI is InChI=1S/C15H17N3O4/c19-9-11(6-13(20)10-4-2-1-3-5-10)18-14-8-16-12(7-17-14)15(21)22/h1-5,7-8,11,13,19-20H,6,9H2,(H,17,18)(H,21,22). The predicted octanol–water partition coefficient (Wildman–Crippen LogP) is 1.07. The summed E-state index contributed by atoms with van der Waals surface area (Å²) in [5, 5.41) is 31.2. The SMILES string of the molecule is O=C(O)c1cnc(NC(CO)CC(O)c2ccccc2)cn1. The quantitative estimate of drug-likeness (QED) is 0.604. The van der Waals surface area contributed by atoms with E-state index in [1.807, 2.05) is 18.2 Å². The van der Waals surface area contributed by atoms with Crippen LogP contribution in [-0.2, 0) is 0 Å². The summed E-state index contributed by atoms with van der Waals surface area (Å²) < 4.78 is 0. The van der Waals surface area contributed by atoms with E-state index in [2.05, 4.69) is 15.3 Å². The molecule has 2 atom stereocenters. The lowest BCUT2D eigenvalue weighted by Gasteiger charge is -2.20. The summed E-state index contributed by atoms with van der Waals surface area (Å²) in [4.78, 5) is 18.4. The number of rotatable bonds is 7. The predicted molar refractivity (Wildman–Crippen MR) is 79.5 cm³/mol. The zero-order valence-electron chi connectivity index (χ0n) is 11.8. The number of anilines is 1. The van der Waals surface area contributed by atoms with Crippen LogP contribution in [-0.4, -0.2) is 43.9 Å². The Balaban J connectivity index is 1.98. The molecule has 0 radical (unpaired) electrons. The molecule has 0 aliphatic rings. The van der Waals surface area contributed by atoms with Crippen LogP contribution in [0, 0.1) is 0 Å². The Morgan fingerprint density at radius 3 is 2.45 bits per heavy atom. The molecule has 0 fully saturated rings. The molecule has 2 aromatic rings. The number of hydrogen-bond donors (Lipinski definition) is 4. The monoisotopic (exact) mass is 303 g/mol. The Labute approximate surface area is 127 Å². The average molecular weight is 303 g/mol. The van der Waals surface area contributed by atoms with Gasteiger partial charge in [-0.05, 0) is 12.0 Å². The normalized spacial score (nSPS) is 13.4. The molecule has 1 heterocycles. The van der Waals surface area contributed by atoms with Crippen molar-refractivity contribution in [3.05, 3.63) is 54.0 Å². The van der Waals surface area contributed by atoms with Gasteiger partial charge in [-0.25, -0.2) is 14.8 Å². The number of carboxylic acid groups (broad SMARTS) is 1. The van der Waals surface area contributed by atoms with Crippen LogP contribution >= 0.6 is 0 Å². The number of aromatic nitrogens is 2. The number of benzene rings is 1. The average Bonchev–Trinajstić information content (AvgIpc) is 2.55. The summed E-state index contributed by atoms with van der Waals surface area (Å²) in [5.74, 6) is -0.818. The van der Waals surface area contributed by atoms with Crippen molar-refractivity contribution in [3.8, 4) is 0 Å². The molecule has 1 aromatic heterocycles. The minimum atomic E-state index is -1.16. The van der Waals surface area contributed by atoms with Crippen LogP contribution in [0.15, 0.2) is 42.7 Å². The Hall–Kier alpha value is -2.51. The van der Waals surface area contributed by atoms with E-state index in [0.717, 1.165) is 11.8 Å². The van der Waals surface area contributed by atoms with E-state index in [1.165, 1.54) is 6.20 Å². The number of hydrogen-bond acceptors (Lipinski definition) is 6. The maximum atomic E-state index is 10.7. The number of nitrogens with zero attached hydrogens (tertiary/aromatic N) is 2. The lowest BCUT2D eigenvalue weighted by atomic mass is 10.0. The third-order valence-corrected chi connectivity index (χ3v) is 3.14. The fourth-order valence-corrected chi connectivity index (χ4v) is 1.98. The highest BCUT2D eigenvalue weighted by atomic mass is 16.4. The van der Waals surface area contributed by atoms with Crippen molar-refractivity contribution in [3.63, 3.8) is 0 Å². The van der Waals surface area contributed by atoms with Gasteiger partial charge < -0.3 is 20.6 Å². The lowest BCUT2D eigenvalue weighted by molar-refractivity contribution is 0.0690. The molecule has 0 spiro atoms. The third-order valence-electron chi connectivity index (χ3n) is 3.14. The number of aromatic carboxylic acids is 1. The first kappa shape index (κ1) is 15.9. The Morgan fingerprint density at radius 1 is 1.18 bits per heavy atom. The number of aliphatic hydroxyl groups excluding tert-OH is 2. The molecule has 0 bridgehead atoms. The molecular formula is C15H17N3O4. The molecule has 0 aliphatic carbocycles. The molecule has 0 saturated heterocycles. The van der Waals surface area contributed by atoms with E-state index in [4.69, 9.17) is 5.11 Å². The molecule has 0 saturated carbocycles. The van der Waals surface area contributed by atoms with Gasteiger partial charge in [-0.2, -0.15) is 0 Å². The van der Waals surface area contributed by atoms with Gasteiger partial charge in [0.05, 0.1) is 31.1 Å². The Kier molecular flexibility index (Phi) is 5.40. The molecule has 0 amide bonds. The van der Waals surface area contributed by atoms with E-state index in [0.29, 0.717) is 5.82 Å². The maximum absolute atomic E-state index is 10.7. The van der Waals surface area contributed by atoms with Crippen LogP contribution in [0.4, 0.5) is 5.82 Å². The van der Waals surface area contributed by atoms with E-state index in [-0.39, 0.29) is 18.7 Å². The second-order valence-electron chi connectivity index (χ2n) is 4.78. The van der Waals surface area contributed by atoms with Crippen LogP contribution in [0.3, 0.4) is 0 Å². The minimum Gasteiger partial charge on any atom is -0.476 e. The van der Waals surface area contributed by atoms with Gasteiger partial charge in [0, 0.05) is 0 Å². The summed E-state index contributed by atoms with van der Waals surface area (Å²) in [6.07, 6.45) is 1.97. The molecule has 22 heavy (non-hydrogen) atoms. The molecule has 116 valence electrons. The molecule has 7 nitrogen and oxygen atoms in total. The summed E-state index contributed by atoms with van der Waals surface area (Å²) >= 11 is 0. The zero-order chi connectivity index (χ0) is 15.9. The molecule has 2 rings (SSSR count). The molecule has 0 aliphatic heterocycles. The van der Waals surface area contributed by atoms with Gasteiger partial charge in [-0.3, -0.25) is 0 Å². The van der Waals surface area contributed by atoms with Crippen molar-refractivity contribution in [2.24, 2.45) is 0 Å². The van der Waals surface area contributed by atoms with Gasteiger partial charge >= 0.3 is 5.97 Å². The number of aliphatic hydroxyl groups is 2. The summed E-state index contributed by atoms with van der Waals surface area (Å²) in [6.45, 7) is -0.202. The van der Waals surface area contributed by atoms with Gasteiger partial charge in [0.1, 0.15) is 5.82 Å². The van der Waals surface area contributed by atoms with Gasteiger partial charge in [0.15, 0.2) is 5.69 Å². The molecular weight excluding hydrogens is 286 g/mol. The number of carbonyl (C=O) groups is 1. The van der Waals surface area contributed by atoms with Crippen molar-refractivity contribution < 1.29 is 20.1 Å². The van der Waals surface area contributed by atoms with Crippen LogP contribution < -0.4 is 5.32 Å². The topological polar surface area (TPSA) is 116 Å². The van der Waals surface area contributed by atoms with Gasteiger partial charge in [0.25, 0.3) is 0 Å². The maximum Gasteiger partial charge on any atom is 0.356 e. The van der Waals surface area contributed by atoms with Crippen LogP contribution in [0.5, 0.6) is 0 Å². The van der Waals surface area contributed by atoms with E-state index in [9.17, 15) is 15.0 Å². The van der Waals surface area contributed by atoms with Crippen LogP contribution in [0.2, 0.25) is 0 Å². The summed E-state index contributed by atoms with van der Waals surface area (Å²) in [6, 6.07) is 8.70. The van der Waals surface area contributed by atoms with Crippen molar-refractivity contribution in [1.82, 2.24) is 9.97 Å². The van der Waals surface area contributed by atoms with Gasteiger partial charge in [0.2, 0.25) is 0 Å². The number of nitrogens with one attached hydrogen (secondary N) is 1. The largest absolute Gasteiger partial charge is 0.476 e. The second kappa shape index (κ2) is 7.48. The fraction of sp³-hybridized carbons (Fsp3) is 0.267. The fourth-order valence-electron chi connectivity index (χ4n) is 1.98. The molecule has 4 N–H and O–H groups in total. The highest BCUT2D eigenvalue weighted by molar-refractivity contribution is 5.84. The first-order chi connectivity index (χ1) is 10.6.